The van der Waals surface area contributed by atoms with Crippen LogP contribution in [-0.2, 0) is 19.1 Å². The molecule has 1 atom stereocenters. The fourth-order valence-electron chi connectivity index (χ4n) is 5.69. The van der Waals surface area contributed by atoms with E-state index in [0.29, 0.717) is 12.8 Å². The molecule has 0 saturated carbocycles. The molecule has 0 aliphatic carbocycles. The molecule has 290 valence electrons. The Hall–Kier alpha value is -1.22. The number of esters is 2. The SMILES string of the molecule is Br.CCCCCCCC/C=C\CCCCCCCC(=O)OCC(CNCC(O)O)OC(=O)CCCCCCC/C=C\CCCCCCCC. The average Bonchev–Trinajstić information content (AvgIpc) is 3.06. The quantitative estimate of drug-likeness (QED) is 0.0251. The second-order valence-electron chi connectivity index (χ2n) is 13.6. The highest BCUT2D eigenvalue weighted by molar-refractivity contribution is 8.93. The van der Waals surface area contributed by atoms with E-state index in [9.17, 15) is 9.59 Å². The molecule has 0 aliphatic rings. The summed E-state index contributed by atoms with van der Waals surface area (Å²) in [4.78, 5) is 24.8. The van der Waals surface area contributed by atoms with Gasteiger partial charge < -0.3 is 25.0 Å². The van der Waals surface area contributed by atoms with Crippen molar-refractivity contribution in [2.75, 3.05) is 19.7 Å². The first-order chi connectivity index (χ1) is 23.5. The molecule has 0 aromatic carbocycles. The van der Waals surface area contributed by atoms with Crippen molar-refractivity contribution in [3.05, 3.63) is 24.3 Å². The fraction of sp³-hybridized carbons (Fsp3) is 0.854. The normalized spacial score (nSPS) is 12.2. The predicted octanol–water partition coefficient (Wildman–Crippen LogP) is 11.0. The minimum absolute atomic E-state index is 0. The lowest BCUT2D eigenvalue weighted by Gasteiger charge is -2.19. The van der Waals surface area contributed by atoms with E-state index in [2.05, 4.69) is 43.5 Å². The topological polar surface area (TPSA) is 105 Å². The molecule has 0 aliphatic heterocycles. The third kappa shape index (κ3) is 41.1. The smallest absolute Gasteiger partial charge is 0.306 e. The predicted molar refractivity (Wildman–Crippen MR) is 211 cm³/mol. The van der Waals surface area contributed by atoms with Crippen molar-refractivity contribution in [3.8, 4) is 0 Å². The maximum absolute atomic E-state index is 12.5. The fourth-order valence-corrected chi connectivity index (χ4v) is 5.69. The number of carbonyl (C=O) groups excluding carboxylic acids is 2. The van der Waals surface area contributed by atoms with Gasteiger partial charge in [-0.25, -0.2) is 0 Å². The van der Waals surface area contributed by atoms with Crippen LogP contribution >= 0.6 is 17.0 Å². The zero-order valence-electron chi connectivity index (χ0n) is 31.8. The van der Waals surface area contributed by atoms with Gasteiger partial charge in [0.1, 0.15) is 12.7 Å². The molecule has 0 aromatic heterocycles. The van der Waals surface area contributed by atoms with E-state index in [1.165, 1.54) is 116 Å². The summed E-state index contributed by atoms with van der Waals surface area (Å²) < 4.78 is 11.0. The van der Waals surface area contributed by atoms with Crippen molar-refractivity contribution in [3.63, 3.8) is 0 Å². The maximum atomic E-state index is 12.5. The Labute approximate surface area is 312 Å². The van der Waals surface area contributed by atoms with Crippen LogP contribution in [0.15, 0.2) is 24.3 Å². The highest BCUT2D eigenvalue weighted by atomic mass is 79.9. The number of allylic oxidation sites excluding steroid dienone is 4. The molecule has 49 heavy (non-hydrogen) atoms. The molecule has 0 bridgehead atoms. The monoisotopic (exact) mass is 760 g/mol. The van der Waals surface area contributed by atoms with Gasteiger partial charge in [0.15, 0.2) is 6.29 Å². The number of hydrogen-bond acceptors (Lipinski definition) is 7. The Balaban J connectivity index is 0. The summed E-state index contributed by atoms with van der Waals surface area (Å²) in [5.41, 5.74) is 0. The number of unbranched alkanes of at least 4 members (excludes halogenated alkanes) is 22. The van der Waals surface area contributed by atoms with Crippen LogP contribution in [0.5, 0.6) is 0 Å². The minimum atomic E-state index is -1.50. The van der Waals surface area contributed by atoms with E-state index in [1.807, 2.05) is 0 Å². The van der Waals surface area contributed by atoms with Crippen molar-refractivity contribution in [2.24, 2.45) is 0 Å². The summed E-state index contributed by atoms with van der Waals surface area (Å²) in [6, 6.07) is 0. The van der Waals surface area contributed by atoms with E-state index >= 15 is 0 Å². The van der Waals surface area contributed by atoms with E-state index < -0.39 is 12.4 Å². The Bertz CT molecular complexity index is 760. The molecule has 0 amide bonds. The number of aliphatic hydroxyl groups is 2. The summed E-state index contributed by atoms with van der Waals surface area (Å²) in [5, 5.41) is 21.1. The van der Waals surface area contributed by atoms with E-state index in [0.717, 1.165) is 51.4 Å². The van der Waals surface area contributed by atoms with Crippen LogP contribution in [0.4, 0.5) is 0 Å². The first kappa shape index (κ1) is 49.9. The Morgan fingerprint density at radius 1 is 0.531 bits per heavy atom. The van der Waals surface area contributed by atoms with Crippen molar-refractivity contribution in [2.45, 2.75) is 206 Å². The van der Waals surface area contributed by atoms with Crippen LogP contribution in [-0.4, -0.2) is 54.2 Å². The van der Waals surface area contributed by atoms with Gasteiger partial charge >= 0.3 is 11.9 Å². The van der Waals surface area contributed by atoms with Crippen LogP contribution in [0.3, 0.4) is 0 Å². The zero-order chi connectivity index (χ0) is 35.2. The summed E-state index contributed by atoms with van der Waals surface area (Å²) in [6.07, 6.45) is 39.1. The highest BCUT2D eigenvalue weighted by Crippen LogP contribution is 2.13. The van der Waals surface area contributed by atoms with Crippen LogP contribution in [0.1, 0.15) is 194 Å². The van der Waals surface area contributed by atoms with E-state index in [-0.39, 0.29) is 48.6 Å². The van der Waals surface area contributed by atoms with Crippen molar-refractivity contribution in [1.29, 1.82) is 0 Å². The third-order valence-corrected chi connectivity index (χ3v) is 8.71. The molecular weight excluding hydrogens is 682 g/mol. The second kappa shape index (κ2) is 41.2. The zero-order valence-corrected chi connectivity index (χ0v) is 33.5. The lowest BCUT2D eigenvalue weighted by molar-refractivity contribution is -0.159. The minimum Gasteiger partial charge on any atom is -0.462 e. The molecule has 1 unspecified atom stereocenters. The molecular formula is C41H78BrNO6. The van der Waals surface area contributed by atoms with Gasteiger partial charge in [-0.15, -0.1) is 17.0 Å². The number of rotatable bonds is 37. The molecule has 8 heteroatoms. The van der Waals surface area contributed by atoms with Gasteiger partial charge in [-0.2, -0.15) is 0 Å². The van der Waals surface area contributed by atoms with Gasteiger partial charge in [0, 0.05) is 25.9 Å². The second-order valence-corrected chi connectivity index (χ2v) is 13.6. The summed E-state index contributed by atoms with van der Waals surface area (Å²) in [6.45, 7) is 4.62. The van der Waals surface area contributed by atoms with Gasteiger partial charge in [-0.05, 0) is 64.2 Å². The Morgan fingerprint density at radius 3 is 1.31 bits per heavy atom. The van der Waals surface area contributed by atoms with Crippen molar-refractivity contribution in [1.82, 2.24) is 5.32 Å². The number of ether oxygens (including phenoxy) is 2. The van der Waals surface area contributed by atoms with Gasteiger partial charge in [-0.3, -0.25) is 9.59 Å². The van der Waals surface area contributed by atoms with Gasteiger partial charge in [0.25, 0.3) is 0 Å². The van der Waals surface area contributed by atoms with Gasteiger partial charge in [-0.1, -0.05) is 141 Å². The summed E-state index contributed by atoms with van der Waals surface area (Å²) in [7, 11) is 0. The molecule has 0 heterocycles. The van der Waals surface area contributed by atoms with E-state index in [4.69, 9.17) is 19.7 Å². The number of carbonyl (C=O) groups is 2. The molecule has 3 N–H and O–H groups in total. The standard InChI is InChI=1S/C41H77NO6.BrH/c1-3-5-7-9-11-13-15-17-19-21-23-25-27-29-31-33-40(45)47-37-38(35-42-36-39(43)44)48-41(46)34-32-30-28-26-24-22-20-18-16-14-12-10-8-6-4-2;/h17-20,38-39,42-44H,3-16,21-37H2,1-2H3;1H/b19-17-,20-18-;. The van der Waals surface area contributed by atoms with E-state index in [1.54, 1.807) is 0 Å². The summed E-state index contributed by atoms with van der Waals surface area (Å²) >= 11 is 0. The largest absolute Gasteiger partial charge is 0.462 e. The van der Waals surface area contributed by atoms with Gasteiger partial charge in [0.2, 0.25) is 0 Å². The van der Waals surface area contributed by atoms with Crippen LogP contribution in [0.2, 0.25) is 0 Å². The Kier molecular flexibility index (Phi) is 42.0. The van der Waals surface area contributed by atoms with Crippen LogP contribution in [0, 0.1) is 0 Å². The number of nitrogens with one attached hydrogen (secondary N) is 1. The first-order valence-corrected chi connectivity index (χ1v) is 20.2. The lowest BCUT2D eigenvalue weighted by Crippen LogP contribution is -2.38. The molecule has 0 saturated heterocycles. The maximum Gasteiger partial charge on any atom is 0.306 e. The molecule has 0 aromatic rings. The van der Waals surface area contributed by atoms with Crippen LogP contribution < -0.4 is 5.32 Å². The highest BCUT2D eigenvalue weighted by Gasteiger charge is 2.17. The molecule has 0 radical (unpaired) electrons. The number of aliphatic hydroxyl groups excluding tert-OH is 1. The molecule has 0 spiro atoms. The molecule has 0 rings (SSSR count). The lowest BCUT2D eigenvalue weighted by atomic mass is 10.1. The van der Waals surface area contributed by atoms with Crippen molar-refractivity contribution < 1.29 is 29.3 Å². The average molecular weight is 761 g/mol. The van der Waals surface area contributed by atoms with Crippen molar-refractivity contribution >= 4 is 28.9 Å². The van der Waals surface area contributed by atoms with Crippen LogP contribution in [0.25, 0.3) is 0 Å². The Morgan fingerprint density at radius 2 is 0.898 bits per heavy atom. The summed E-state index contributed by atoms with van der Waals surface area (Å²) in [5.74, 6) is -0.592. The van der Waals surface area contributed by atoms with Gasteiger partial charge in [0.05, 0.1) is 0 Å². The first-order valence-electron chi connectivity index (χ1n) is 20.2. The number of halogens is 1. The molecule has 0 fully saturated rings. The number of hydrogen-bond donors (Lipinski definition) is 3. The third-order valence-electron chi connectivity index (χ3n) is 8.71. The molecule has 7 nitrogen and oxygen atoms in total.